The Morgan fingerprint density at radius 3 is 2.89 bits per heavy atom. The molecule has 6 heteroatoms. The van der Waals surface area contributed by atoms with Gasteiger partial charge in [0.05, 0.1) is 0 Å². The van der Waals surface area contributed by atoms with Gasteiger partial charge in [0.1, 0.15) is 17.3 Å². The average molecular weight is 262 g/mol. The molecule has 2 heterocycles. The maximum atomic E-state index is 11.0. The fourth-order valence-electron chi connectivity index (χ4n) is 1.69. The smallest absolute Gasteiger partial charge is 0.268 e. The number of nitrogens with two attached hydrogens (primary N) is 1. The third-order valence-corrected chi connectivity index (χ3v) is 3.50. The number of hydrogen-bond donors (Lipinski definition) is 1. The molecule has 1 aromatic carbocycles. The Hall–Kier alpha value is -2.08. The summed E-state index contributed by atoms with van der Waals surface area (Å²) in [6.45, 7) is 0.378. The van der Waals surface area contributed by atoms with E-state index in [0.29, 0.717) is 17.4 Å². The van der Waals surface area contributed by atoms with Crippen molar-refractivity contribution in [1.82, 2.24) is 4.98 Å². The molecule has 1 unspecified atom stereocenters. The fraction of sp³-hybridized carbons (Fsp3) is 0.167. The first-order valence-electron chi connectivity index (χ1n) is 5.38. The lowest BCUT2D eigenvalue weighted by Gasteiger charge is -2.24. The van der Waals surface area contributed by atoms with Crippen LogP contribution in [-0.2, 0) is 0 Å². The van der Waals surface area contributed by atoms with Gasteiger partial charge in [-0.3, -0.25) is 4.79 Å². The second-order valence-corrected chi connectivity index (χ2v) is 4.69. The van der Waals surface area contributed by atoms with Gasteiger partial charge in [-0.15, -0.1) is 11.3 Å². The molecule has 0 aliphatic carbocycles. The Balaban J connectivity index is 1.85. The Morgan fingerprint density at radius 2 is 2.17 bits per heavy atom. The molecule has 92 valence electrons. The standard InChI is InChI=1S/C12H10N2O3S/c13-11(15)7-6-18-12(14-7)10-5-16-8-3-1-2-4-9(8)17-10/h1-4,6,10H,5H2,(H2,13,15). The number of benzene rings is 1. The van der Waals surface area contributed by atoms with Gasteiger partial charge in [-0.25, -0.2) is 4.98 Å². The third-order valence-electron chi connectivity index (χ3n) is 2.56. The SMILES string of the molecule is NC(=O)c1csc(C2COc3ccccc3O2)n1. The van der Waals surface area contributed by atoms with Gasteiger partial charge >= 0.3 is 0 Å². The third kappa shape index (κ3) is 1.91. The first kappa shape index (κ1) is 11.0. The van der Waals surface area contributed by atoms with E-state index in [1.165, 1.54) is 11.3 Å². The molecule has 0 fully saturated rings. The van der Waals surface area contributed by atoms with Crippen molar-refractivity contribution in [3.63, 3.8) is 0 Å². The van der Waals surface area contributed by atoms with Crippen LogP contribution in [0.1, 0.15) is 21.6 Å². The molecule has 1 amide bonds. The number of amides is 1. The molecule has 2 N–H and O–H groups in total. The van der Waals surface area contributed by atoms with Crippen LogP contribution >= 0.6 is 11.3 Å². The minimum absolute atomic E-state index is 0.262. The van der Waals surface area contributed by atoms with Gasteiger partial charge in [-0.05, 0) is 12.1 Å². The van der Waals surface area contributed by atoms with Crippen molar-refractivity contribution in [2.24, 2.45) is 5.73 Å². The van der Waals surface area contributed by atoms with Crippen LogP contribution < -0.4 is 15.2 Å². The molecule has 0 spiro atoms. The highest BCUT2D eigenvalue weighted by Crippen LogP contribution is 2.36. The number of hydrogen-bond acceptors (Lipinski definition) is 5. The van der Waals surface area contributed by atoms with E-state index in [9.17, 15) is 4.79 Å². The summed E-state index contributed by atoms with van der Waals surface area (Å²) < 4.78 is 11.4. The number of thiazole rings is 1. The molecule has 0 saturated carbocycles. The van der Waals surface area contributed by atoms with Crippen LogP contribution in [0, 0.1) is 0 Å². The van der Waals surface area contributed by atoms with Crippen LogP contribution in [0.4, 0.5) is 0 Å². The average Bonchev–Trinajstić information content (AvgIpc) is 2.88. The van der Waals surface area contributed by atoms with Gasteiger partial charge in [0.2, 0.25) is 0 Å². The highest BCUT2D eigenvalue weighted by Gasteiger charge is 2.25. The summed E-state index contributed by atoms with van der Waals surface area (Å²) in [6.07, 6.45) is -0.294. The number of ether oxygens (including phenoxy) is 2. The molecule has 3 rings (SSSR count). The Bertz CT molecular complexity index is 597. The fourth-order valence-corrected chi connectivity index (χ4v) is 2.51. The van der Waals surface area contributed by atoms with Gasteiger partial charge in [0.15, 0.2) is 17.6 Å². The quantitative estimate of drug-likeness (QED) is 0.894. The molecule has 1 aliphatic rings. The van der Waals surface area contributed by atoms with Crippen molar-refractivity contribution in [3.05, 3.63) is 40.3 Å². The van der Waals surface area contributed by atoms with Crippen molar-refractivity contribution in [3.8, 4) is 11.5 Å². The summed E-state index contributed by atoms with van der Waals surface area (Å²) in [7, 11) is 0. The Kier molecular flexibility index (Phi) is 2.64. The molecular formula is C12H10N2O3S. The van der Waals surface area contributed by atoms with Crippen molar-refractivity contribution < 1.29 is 14.3 Å². The molecule has 1 atom stereocenters. The Morgan fingerprint density at radius 1 is 1.39 bits per heavy atom. The molecule has 0 saturated heterocycles. The monoisotopic (exact) mass is 262 g/mol. The summed E-state index contributed by atoms with van der Waals surface area (Å²) in [5.74, 6) is 0.875. The molecule has 2 aromatic rings. The number of para-hydroxylation sites is 2. The maximum absolute atomic E-state index is 11.0. The van der Waals surface area contributed by atoms with E-state index in [2.05, 4.69) is 4.98 Å². The van der Waals surface area contributed by atoms with E-state index >= 15 is 0 Å². The van der Waals surface area contributed by atoms with E-state index in [1.807, 2.05) is 24.3 Å². The van der Waals surface area contributed by atoms with Crippen LogP contribution in [0.2, 0.25) is 0 Å². The molecule has 1 aromatic heterocycles. The highest BCUT2D eigenvalue weighted by molar-refractivity contribution is 7.09. The normalized spacial score (nSPS) is 17.4. The van der Waals surface area contributed by atoms with Crippen LogP contribution in [0.25, 0.3) is 0 Å². The van der Waals surface area contributed by atoms with Crippen molar-refractivity contribution >= 4 is 17.2 Å². The van der Waals surface area contributed by atoms with E-state index < -0.39 is 5.91 Å². The van der Waals surface area contributed by atoms with E-state index in [1.54, 1.807) is 5.38 Å². The van der Waals surface area contributed by atoms with E-state index in [-0.39, 0.29) is 11.8 Å². The number of nitrogens with zero attached hydrogens (tertiary/aromatic N) is 1. The Labute approximate surface area is 107 Å². The minimum atomic E-state index is -0.533. The van der Waals surface area contributed by atoms with Crippen LogP contribution in [0.3, 0.4) is 0 Å². The van der Waals surface area contributed by atoms with E-state index in [0.717, 1.165) is 5.75 Å². The number of carbonyl (C=O) groups excluding carboxylic acids is 1. The molecule has 1 aliphatic heterocycles. The number of fused-ring (bicyclic) bond motifs is 1. The highest BCUT2D eigenvalue weighted by atomic mass is 32.1. The number of carbonyl (C=O) groups is 1. The van der Waals surface area contributed by atoms with Crippen LogP contribution in [0.5, 0.6) is 11.5 Å². The lowest BCUT2D eigenvalue weighted by molar-refractivity contribution is 0.0904. The van der Waals surface area contributed by atoms with Crippen LogP contribution in [-0.4, -0.2) is 17.5 Å². The van der Waals surface area contributed by atoms with Gasteiger partial charge < -0.3 is 15.2 Å². The summed E-state index contributed by atoms with van der Waals surface area (Å²) in [5, 5.41) is 2.32. The van der Waals surface area contributed by atoms with Gasteiger partial charge in [0, 0.05) is 5.38 Å². The molecule has 0 radical (unpaired) electrons. The summed E-state index contributed by atoms with van der Waals surface area (Å²) >= 11 is 1.34. The largest absolute Gasteiger partial charge is 0.485 e. The molecule has 5 nitrogen and oxygen atoms in total. The second-order valence-electron chi connectivity index (χ2n) is 3.80. The zero-order valence-electron chi connectivity index (χ0n) is 9.33. The first-order valence-corrected chi connectivity index (χ1v) is 6.26. The lowest BCUT2D eigenvalue weighted by atomic mass is 10.2. The lowest BCUT2D eigenvalue weighted by Crippen LogP contribution is -2.21. The first-order chi connectivity index (χ1) is 8.74. The summed E-state index contributed by atoms with van der Waals surface area (Å²) in [4.78, 5) is 15.1. The minimum Gasteiger partial charge on any atom is -0.485 e. The van der Waals surface area contributed by atoms with Crippen molar-refractivity contribution in [2.45, 2.75) is 6.10 Å². The molecular weight excluding hydrogens is 252 g/mol. The topological polar surface area (TPSA) is 74.4 Å². The predicted octanol–water partition coefficient (Wildman–Crippen LogP) is 1.75. The van der Waals surface area contributed by atoms with Gasteiger partial charge in [-0.2, -0.15) is 0 Å². The zero-order chi connectivity index (χ0) is 12.5. The molecule has 18 heavy (non-hydrogen) atoms. The maximum Gasteiger partial charge on any atom is 0.268 e. The number of aromatic nitrogens is 1. The molecule has 0 bridgehead atoms. The second kappa shape index (κ2) is 4.30. The van der Waals surface area contributed by atoms with E-state index in [4.69, 9.17) is 15.2 Å². The predicted molar refractivity (Wildman–Crippen MR) is 65.9 cm³/mol. The number of rotatable bonds is 2. The zero-order valence-corrected chi connectivity index (χ0v) is 10.1. The summed E-state index contributed by atoms with van der Waals surface area (Å²) in [5.41, 5.74) is 5.43. The van der Waals surface area contributed by atoms with Crippen molar-refractivity contribution in [2.75, 3.05) is 6.61 Å². The van der Waals surface area contributed by atoms with Crippen molar-refractivity contribution in [1.29, 1.82) is 0 Å². The van der Waals surface area contributed by atoms with Gasteiger partial charge in [0.25, 0.3) is 5.91 Å². The number of primary amides is 1. The summed E-state index contributed by atoms with van der Waals surface area (Å²) in [6, 6.07) is 7.45. The van der Waals surface area contributed by atoms with Crippen LogP contribution in [0.15, 0.2) is 29.6 Å². The van der Waals surface area contributed by atoms with Gasteiger partial charge in [-0.1, -0.05) is 12.1 Å².